The first-order valence-corrected chi connectivity index (χ1v) is 11.7. The predicted molar refractivity (Wildman–Crippen MR) is 139 cm³/mol. The average Bonchev–Trinajstić information content (AvgIpc) is 3.09. The van der Waals surface area contributed by atoms with Crippen LogP contribution in [0.3, 0.4) is 0 Å². The van der Waals surface area contributed by atoms with E-state index in [-0.39, 0.29) is 18.2 Å². The molecule has 0 saturated carbocycles. The molecule has 5 aromatic rings. The third-order valence-electron chi connectivity index (χ3n) is 5.97. The number of aromatic nitrogens is 5. The molecule has 0 saturated heterocycles. The molecule has 8 nitrogen and oxygen atoms in total. The third kappa shape index (κ3) is 4.03. The Morgan fingerprint density at radius 2 is 1.94 bits per heavy atom. The quantitative estimate of drug-likeness (QED) is 0.350. The van der Waals surface area contributed by atoms with E-state index in [1.165, 1.54) is 6.07 Å². The average molecular weight is 499 g/mol. The number of halogens is 2. The molecule has 1 aliphatic heterocycles. The number of pyridine rings is 1. The summed E-state index contributed by atoms with van der Waals surface area (Å²) in [4.78, 5) is 18.5. The largest absolute Gasteiger partial charge is 0.382 e. The summed E-state index contributed by atoms with van der Waals surface area (Å²) in [5.74, 6) is 0.784. The molecule has 3 aromatic heterocycles. The molecule has 0 fully saturated rings. The lowest BCUT2D eigenvalue weighted by molar-refractivity contribution is 0.589. The molecule has 0 spiro atoms. The zero-order chi connectivity index (χ0) is 24.6. The van der Waals surface area contributed by atoms with Crippen LogP contribution in [-0.4, -0.2) is 37.0 Å². The minimum Gasteiger partial charge on any atom is -0.382 e. The van der Waals surface area contributed by atoms with Crippen molar-refractivity contribution in [1.82, 2.24) is 24.7 Å². The molecule has 36 heavy (non-hydrogen) atoms. The van der Waals surface area contributed by atoms with Gasteiger partial charge in [0.05, 0.1) is 17.6 Å². The lowest BCUT2D eigenvalue weighted by Crippen LogP contribution is -2.08. The van der Waals surface area contributed by atoms with Gasteiger partial charge in [-0.1, -0.05) is 41.9 Å². The molecule has 0 aliphatic carbocycles. The fourth-order valence-electron chi connectivity index (χ4n) is 4.25. The van der Waals surface area contributed by atoms with Gasteiger partial charge in [0, 0.05) is 29.7 Å². The summed E-state index contributed by atoms with van der Waals surface area (Å²) in [5.41, 5.74) is 10.2. The van der Waals surface area contributed by atoms with Crippen molar-refractivity contribution in [3.63, 3.8) is 0 Å². The smallest absolute Gasteiger partial charge is 0.184 e. The number of nitrogens with one attached hydrogen (secondary N) is 1. The van der Waals surface area contributed by atoms with E-state index in [0.717, 1.165) is 16.7 Å². The van der Waals surface area contributed by atoms with E-state index < -0.39 is 0 Å². The van der Waals surface area contributed by atoms with Gasteiger partial charge in [-0.25, -0.2) is 29.0 Å². The Morgan fingerprint density at radius 3 is 2.81 bits per heavy atom. The highest BCUT2D eigenvalue weighted by atomic mass is 35.5. The second-order valence-electron chi connectivity index (χ2n) is 8.35. The third-order valence-corrected chi connectivity index (χ3v) is 6.20. The molecule has 0 amide bonds. The van der Waals surface area contributed by atoms with Gasteiger partial charge in [0.1, 0.15) is 17.2 Å². The number of nitrogen functional groups attached to an aromatic ring is 1. The highest BCUT2D eigenvalue weighted by Crippen LogP contribution is 2.35. The molecule has 6 rings (SSSR count). The Balaban J connectivity index is 1.44. The van der Waals surface area contributed by atoms with Gasteiger partial charge >= 0.3 is 0 Å². The highest BCUT2D eigenvalue weighted by Gasteiger charge is 2.22. The van der Waals surface area contributed by atoms with E-state index >= 15 is 0 Å². The van der Waals surface area contributed by atoms with Crippen molar-refractivity contribution in [1.29, 1.82) is 0 Å². The van der Waals surface area contributed by atoms with E-state index in [1.807, 2.05) is 36.4 Å². The van der Waals surface area contributed by atoms with E-state index in [9.17, 15) is 4.39 Å². The van der Waals surface area contributed by atoms with E-state index in [0.29, 0.717) is 52.2 Å². The number of fused-ring (bicyclic) bond motifs is 2. The van der Waals surface area contributed by atoms with Crippen LogP contribution in [0.25, 0.3) is 22.6 Å². The molecule has 3 N–H and O–H groups in total. The molecule has 10 heteroatoms. The number of anilines is 2. The number of nitrogens with zero attached hydrogens (tertiary/aromatic N) is 6. The Bertz CT molecular complexity index is 1640. The number of nitrogens with two attached hydrogens (primary N) is 1. The molecule has 178 valence electrons. The van der Waals surface area contributed by atoms with Gasteiger partial charge < -0.3 is 11.1 Å². The second-order valence-corrected chi connectivity index (χ2v) is 8.78. The van der Waals surface area contributed by atoms with E-state index in [1.54, 1.807) is 29.1 Å². The zero-order valence-electron chi connectivity index (χ0n) is 19.0. The molecule has 0 bridgehead atoms. The summed E-state index contributed by atoms with van der Waals surface area (Å²) in [6, 6.07) is 17.8. The summed E-state index contributed by atoms with van der Waals surface area (Å²) in [7, 11) is 0. The van der Waals surface area contributed by atoms with Crippen LogP contribution in [0.15, 0.2) is 71.9 Å². The van der Waals surface area contributed by atoms with Crippen molar-refractivity contribution in [2.45, 2.75) is 13.0 Å². The number of benzene rings is 2. The van der Waals surface area contributed by atoms with Crippen LogP contribution < -0.4 is 11.1 Å². The van der Waals surface area contributed by atoms with Gasteiger partial charge in [-0.15, -0.1) is 0 Å². The number of rotatable bonds is 4. The minimum atomic E-state index is -0.304. The maximum absolute atomic E-state index is 14.3. The second kappa shape index (κ2) is 9.01. The lowest BCUT2D eigenvalue weighted by atomic mass is 10.1. The summed E-state index contributed by atoms with van der Waals surface area (Å²) < 4.78 is 16.0. The van der Waals surface area contributed by atoms with Gasteiger partial charge in [0.15, 0.2) is 23.1 Å². The number of hydrogen-bond donors (Lipinski definition) is 2. The first kappa shape index (κ1) is 22.1. The molecule has 1 aliphatic rings. The van der Waals surface area contributed by atoms with Crippen molar-refractivity contribution < 1.29 is 4.39 Å². The summed E-state index contributed by atoms with van der Waals surface area (Å²) in [6.45, 7) is 0.824. The van der Waals surface area contributed by atoms with Gasteiger partial charge in [-0.2, -0.15) is 5.10 Å². The topological polar surface area (TPSA) is 107 Å². The van der Waals surface area contributed by atoms with Crippen molar-refractivity contribution in [3.8, 4) is 11.5 Å². The van der Waals surface area contributed by atoms with Crippen LogP contribution in [-0.2, 0) is 6.54 Å². The van der Waals surface area contributed by atoms with Crippen LogP contribution in [0.1, 0.15) is 17.5 Å². The molecular weight excluding hydrogens is 479 g/mol. The summed E-state index contributed by atoms with van der Waals surface area (Å²) >= 11 is 6.18. The Morgan fingerprint density at radius 1 is 1.06 bits per heavy atom. The minimum absolute atomic E-state index is 0.214. The van der Waals surface area contributed by atoms with Gasteiger partial charge in [-0.3, -0.25) is 0 Å². The first-order chi connectivity index (χ1) is 17.6. The highest BCUT2D eigenvalue weighted by molar-refractivity contribution is 6.31. The fraction of sp³-hybridized carbons (Fsp3) is 0.115. The number of aliphatic imine (C=N–C) groups is 1. The van der Waals surface area contributed by atoms with Crippen LogP contribution in [0.4, 0.5) is 21.7 Å². The SMILES string of the molecule is Nc1nc(-c2nn(Cc3ccccc3F)c3ncccc23)nc2c1N=C(c1cccc(Cl)c1)CCN2. The van der Waals surface area contributed by atoms with E-state index in [2.05, 4.69) is 15.3 Å². The van der Waals surface area contributed by atoms with E-state index in [4.69, 9.17) is 32.4 Å². The van der Waals surface area contributed by atoms with Crippen LogP contribution >= 0.6 is 11.6 Å². The fourth-order valence-corrected chi connectivity index (χ4v) is 4.44. The maximum atomic E-state index is 14.3. The Hall–Kier alpha value is -4.37. The summed E-state index contributed by atoms with van der Waals surface area (Å²) in [5, 5.41) is 9.40. The van der Waals surface area contributed by atoms with Crippen molar-refractivity contribution in [2.24, 2.45) is 4.99 Å². The van der Waals surface area contributed by atoms with Crippen molar-refractivity contribution >= 4 is 45.7 Å². The normalized spacial score (nSPS) is 13.1. The molecule has 0 unspecified atom stereocenters. The van der Waals surface area contributed by atoms with Crippen LogP contribution in [0, 0.1) is 5.82 Å². The monoisotopic (exact) mass is 498 g/mol. The maximum Gasteiger partial charge on any atom is 0.184 e. The zero-order valence-corrected chi connectivity index (χ0v) is 19.7. The Kier molecular flexibility index (Phi) is 5.54. The van der Waals surface area contributed by atoms with Crippen LogP contribution in [0.2, 0.25) is 5.02 Å². The van der Waals surface area contributed by atoms with Gasteiger partial charge in [0.2, 0.25) is 0 Å². The predicted octanol–water partition coefficient (Wildman–Crippen LogP) is 5.25. The lowest BCUT2D eigenvalue weighted by Gasteiger charge is -2.08. The Labute approximate surface area is 210 Å². The molecule has 0 radical (unpaired) electrons. The van der Waals surface area contributed by atoms with Crippen LogP contribution in [0.5, 0.6) is 0 Å². The first-order valence-electron chi connectivity index (χ1n) is 11.4. The molecule has 4 heterocycles. The molecule has 0 atom stereocenters. The molecule has 2 aromatic carbocycles. The molecular formula is C26H20ClFN8. The van der Waals surface area contributed by atoms with Crippen molar-refractivity contribution in [3.05, 3.63) is 88.8 Å². The summed E-state index contributed by atoms with van der Waals surface area (Å²) in [6.07, 6.45) is 2.33. The number of hydrogen-bond acceptors (Lipinski definition) is 7. The van der Waals surface area contributed by atoms with Gasteiger partial charge in [-0.05, 0) is 35.9 Å². The van der Waals surface area contributed by atoms with Crippen molar-refractivity contribution in [2.75, 3.05) is 17.6 Å². The standard InChI is InChI=1S/C26H20ClFN8/c27-17-7-3-6-15(13-17)20-10-12-30-24-22(32-20)23(29)33-25(34-24)21-18-8-4-11-31-26(18)36(35-21)14-16-5-1-2-9-19(16)28/h1-9,11,13H,10,12,14H2,(H3,29,30,33,34). The van der Waals surface area contributed by atoms with Gasteiger partial charge in [0.25, 0.3) is 0 Å².